The maximum absolute atomic E-state index is 12.7. The number of hydrogen-bond donors (Lipinski definition) is 3. The Hall–Kier alpha value is -3.70. The van der Waals surface area contributed by atoms with Crippen LogP contribution in [0.15, 0.2) is 75.4 Å². The molecule has 30 heavy (non-hydrogen) atoms. The summed E-state index contributed by atoms with van der Waals surface area (Å²) in [5.74, 6) is 0. The summed E-state index contributed by atoms with van der Waals surface area (Å²) in [6.07, 6.45) is 2.45. The summed E-state index contributed by atoms with van der Waals surface area (Å²) in [6.45, 7) is 0. The Morgan fingerprint density at radius 3 is 2.63 bits per heavy atom. The van der Waals surface area contributed by atoms with Gasteiger partial charge in [-0.05, 0) is 24.3 Å². The van der Waals surface area contributed by atoms with Crippen LogP contribution in [0.4, 0.5) is 5.69 Å². The highest BCUT2D eigenvalue weighted by atomic mass is 35.5. The van der Waals surface area contributed by atoms with Crippen molar-refractivity contribution in [1.29, 1.82) is 0 Å². The maximum Gasteiger partial charge on any atom is 0.325 e. The molecule has 0 fully saturated rings. The van der Waals surface area contributed by atoms with Gasteiger partial charge in [0, 0.05) is 16.8 Å². The number of H-pyrrole nitrogens is 2. The number of aromatic amines is 2. The van der Waals surface area contributed by atoms with Crippen LogP contribution in [0.25, 0.3) is 16.9 Å². The van der Waals surface area contributed by atoms with Crippen molar-refractivity contribution in [2.75, 3.05) is 4.72 Å². The summed E-state index contributed by atoms with van der Waals surface area (Å²) in [5, 5.41) is 8.70. The Kier molecular flexibility index (Phi) is 4.98. The van der Waals surface area contributed by atoms with Crippen molar-refractivity contribution in [2.45, 2.75) is 4.90 Å². The largest absolute Gasteiger partial charge is 0.325 e. The molecule has 4 aromatic rings. The van der Waals surface area contributed by atoms with Gasteiger partial charge in [0.1, 0.15) is 5.69 Å². The van der Waals surface area contributed by atoms with Crippen LogP contribution < -0.4 is 16.0 Å². The highest BCUT2D eigenvalue weighted by Gasteiger charge is 2.21. The third kappa shape index (κ3) is 3.88. The number of sulfonamides is 1. The van der Waals surface area contributed by atoms with Gasteiger partial charge in [-0.1, -0.05) is 41.1 Å². The Bertz CT molecular complexity index is 1460. The van der Waals surface area contributed by atoms with E-state index in [1.54, 1.807) is 48.7 Å². The van der Waals surface area contributed by atoms with Crippen LogP contribution in [0.3, 0.4) is 0 Å². The molecular formula is C18H13ClN6O4S. The number of halogens is 1. The molecule has 0 bridgehead atoms. The van der Waals surface area contributed by atoms with E-state index in [2.05, 4.69) is 20.0 Å². The lowest BCUT2D eigenvalue weighted by Gasteiger charge is -2.10. The number of nitrogens with one attached hydrogen (secondary N) is 3. The van der Waals surface area contributed by atoms with Crippen LogP contribution in [0, 0.1) is 0 Å². The second-order valence-corrected chi connectivity index (χ2v) is 8.20. The van der Waals surface area contributed by atoms with Crippen molar-refractivity contribution in [1.82, 2.24) is 25.0 Å². The van der Waals surface area contributed by atoms with E-state index in [1.165, 1.54) is 10.7 Å². The first-order valence-electron chi connectivity index (χ1n) is 8.46. The molecule has 2 aromatic carbocycles. The van der Waals surface area contributed by atoms with E-state index in [-0.39, 0.29) is 5.69 Å². The van der Waals surface area contributed by atoms with Gasteiger partial charge in [0.25, 0.3) is 15.6 Å². The summed E-state index contributed by atoms with van der Waals surface area (Å²) in [6, 6.07) is 13.5. The average molecular weight is 445 g/mol. The van der Waals surface area contributed by atoms with E-state index in [4.69, 9.17) is 11.6 Å². The van der Waals surface area contributed by atoms with E-state index in [1.807, 2.05) is 4.98 Å². The fourth-order valence-electron chi connectivity index (χ4n) is 2.72. The predicted octanol–water partition coefficient (Wildman–Crippen LogP) is 1.77. The SMILES string of the molecule is O=c1[nH]cc(S(=O)(=O)Nc2ccccc2-c2cn(-c3cccc(Cl)c3)nn2)c(=O)[nH]1. The molecule has 0 unspecified atom stereocenters. The molecule has 2 heterocycles. The fraction of sp³-hybridized carbons (Fsp3) is 0. The lowest BCUT2D eigenvalue weighted by Crippen LogP contribution is -2.29. The summed E-state index contributed by atoms with van der Waals surface area (Å²) in [4.78, 5) is 26.4. The lowest BCUT2D eigenvalue weighted by atomic mass is 10.1. The van der Waals surface area contributed by atoms with Gasteiger partial charge in [-0.25, -0.2) is 17.9 Å². The number of para-hydroxylation sites is 1. The monoisotopic (exact) mass is 444 g/mol. The molecular weight excluding hydrogens is 432 g/mol. The van der Waals surface area contributed by atoms with Crippen LogP contribution in [0.2, 0.25) is 5.02 Å². The minimum atomic E-state index is -4.28. The van der Waals surface area contributed by atoms with Crippen LogP contribution >= 0.6 is 11.6 Å². The second-order valence-electron chi connectivity index (χ2n) is 6.12. The highest BCUT2D eigenvalue weighted by Crippen LogP contribution is 2.28. The zero-order valence-electron chi connectivity index (χ0n) is 15.0. The molecule has 0 radical (unpaired) electrons. The maximum atomic E-state index is 12.7. The molecule has 12 heteroatoms. The molecule has 10 nitrogen and oxygen atoms in total. The van der Waals surface area contributed by atoms with Gasteiger partial charge in [0.05, 0.1) is 17.6 Å². The van der Waals surface area contributed by atoms with Gasteiger partial charge in [-0.3, -0.25) is 14.5 Å². The quantitative estimate of drug-likeness (QED) is 0.428. The number of benzene rings is 2. The minimum absolute atomic E-state index is 0.182. The summed E-state index contributed by atoms with van der Waals surface area (Å²) < 4.78 is 29.2. The highest BCUT2D eigenvalue weighted by molar-refractivity contribution is 7.92. The molecule has 0 atom stereocenters. The van der Waals surface area contributed by atoms with E-state index in [0.717, 1.165) is 6.20 Å². The first-order valence-corrected chi connectivity index (χ1v) is 10.3. The number of rotatable bonds is 5. The number of anilines is 1. The van der Waals surface area contributed by atoms with Crippen molar-refractivity contribution in [2.24, 2.45) is 0 Å². The van der Waals surface area contributed by atoms with Crippen LogP contribution in [-0.2, 0) is 10.0 Å². The van der Waals surface area contributed by atoms with Crippen LogP contribution in [-0.4, -0.2) is 33.4 Å². The second kappa shape index (κ2) is 7.61. The first kappa shape index (κ1) is 19.6. The van der Waals surface area contributed by atoms with Crippen LogP contribution in [0.5, 0.6) is 0 Å². The zero-order chi connectivity index (χ0) is 21.3. The van der Waals surface area contributed by atoms with Gasteiger partial charge < -0.3 is 4.98 Å². The van der Waals surface area contributed by atoms with Gasteiger partial charge >= 0.3 is 5.69 Å². The van der Waals surface area contributed by atoms with Crippen molar-refractivity contribution in [3.8, 4) is 16.9 Å². The van der Waals surface area contributed by atoms with Crippen molar-refractivity contribution < 1.29 is 8.42 Å². The van der Waals surface area contributed by atoms with Crippen molar-refractivity contribution >= 4 is 27.3 Å². The molecule has 152 valence electrons. The molecule has 0 aliphatic heterocycles. The third-order valence-corrected chi connectivity index (χ3v) is 5.69. The Morgan fingerprint density at radius 2 is 1.87 bits per heavy atom. The smallest absolute Gasteiger partial charge is 0.313 e. The molecule has 0 aliphatic rings. The minimum Gasteiger partial charge on any atom is -0.313 e. The predicted molar refractivity (Wildman–Crippen MR) is 110 cm³/mol. The van der Waals surface area contributed by atoms with Gasteiger partial charge in [0.2, 0.25) is 0 Å². The average Bonchev–Trinajstić information content (AvgIpc) is 3.18. The Morgan fingerprint density at radius 1 is 1.07 bits per heavy atom. The third-order valence-electron chi connectivity index (χ3n) is 4.09. The molecule has 0 spiro atoms. The number of hydrogen-bond acceptors (Lipinski definition) is 6. The van der Waals surface area contributed by atoms with Crippen molar-refractivity contribution in [3.63, 3.8) is 0 Å². The molecule has 0 aliphatic carbocycles. The summed E-state index contributed by atoms with van der Waals surface area (Å²) in [5.41, 5.74) is -0.146. The number of aromatic nitrogens is 5. The van der Waals surface area contributed by atoms with Crippen LogP contribution in [0.1, 0.15) is 0 Å². The van der Waals surface area contributed by atoms with E-state index in [0.29, 0.717) is 22.0 Å². The van der Waals surface area contributed by atoms with E-state index >= 15 is 0 Å². The number of nitrogens with zero attached hydrogens (tertiary/aromatic N) is 3. The van der Waals surface area contributed by atoms with Gasteiger partial charge in [-0.15, -0.1) is 5.10 Å². The summed E-state index contributed by atoms with van der Waals surface area (Å²) >= 11 is 6.01. The van der Waals surface area contributed by atoms with E-state index < -0.39 is 26.2 Å². The molecule has 4 rings (SSSR count). The lowest BCUT2D eigenvalue weighted by molar-refractivity contribution is 0.599. The Labute approximate surface area is 174 Å². The zero-order valence-corrected chi connectivity index (χ0v) is 16.6. The molecule has 0 amide bonds. The summed E-state index contributed by atoms with van der Waals surface area (Å²) in [7, 11) is -4.28. The fourth-order valence-corrected chi connectivity index (χ4v) is 4.00. The molecule has 0 saturated carbocycles. The Balaban J connectivity index is 1.72. The van der Waals surface area contributed by atoms with Crippen molar-refractivity contribution in [3.05, 3.63) is 86.8 Å². The molecule has 0 saturated heterocycles. The normalized spacial score (nSPS) is 11.4. The van der Waals surface area contributed by atoms with Gasteiger partial charge in [0.15, 0.2) is 4.90 Å². The first-order chi connectivity index (χ1) is 14.3. The molecule has 2 aromatic heterocycles. The molecule has 3 N–H and O–H groups in total. The van der Waals surface area contributed by atoms with Gasteiger partial charge in [-0.2, -0.15) is 0 Å². The standard InChI is InChI=1S/C18H13ClN6O4S/c19-11-4-3-5-12(8-11)25-10-15(22-24-25)13-6-1-2-7-14(13)23-30(28,29)16-9-20-18(27)21-17(16)26/h1-10,23H,(H2,20,21,26,27). The van der Waals surface area contributed by atoms with E-state index in [9.17, 15) is 18.0 Å². The topological polar surface area (TPSA) is 143 Å².